The molecule has 0 bridgehead atoms. The van der Waals surface area contributed by atoms with Gasteiger partial charge in [-0.05, 0) is 31.0 Å². The van der Waals surface area contributed by atoms with Gasteiger partial charge in [-0.25, -0.2) is 4.39 Å². The summed E-state index contributed by atoms with van der Waals surface area (Å²) in [5, 5.41) is 8.93. The van der Waals surface area contributed by atoms with Gasteiger partial charge < -0.3 is 5.11 Å². The number of rotatable bonds is 4. The van der Waals surface area contributed by atoms with Crippen LogP contribution in [0.3, 0.4) is 0 Å². The van der Waals surface area contributed by atoms with Crippen molar-refractivity contribution in [2.75, 3.05) is 0 Å². The maximum absolute atomic E-state index is 12.9. The van der Waals surface area contributed by atoms with Crippen molar-refractivity contribution in [1.29, 1.82) is 0 Å². The second kappa shape index (κ2) is 4.96. The van der Waals surface area contributed by atoms with E-state index in [0.29, 0.717) is 0 Å². The van der Waals surface area contributed by atoms with E-state index >= 15 is 0 Å². The molecule has 1 rings (SSSR count). The van der Waals surface area contributed by atoms with Crippen LogP contribution in [0.5, 0.6) is 0 Å². The smallest absolute Gasteiger partial charge is 0.390 e. The lowest BCUT2D eigenvalue weighted by Crippen LogP contribution is -2.35. The summed E-state index contributed by atoms with van der Waals surface area (Å²) in [7, 11) is 0. The maximum Gasteiger partial charge on any atom is 0.390 e. The van der Waals surface area contributed by atoms with E-state index in [9.17, 15) is 22.4 Å². The zero-order chi connectivity index (χ0) is 14.0. The van der Waals surface area contributed by atoms with Crippen LogP contribution in [0.2, 0.25) is 0 Å². The number of hydrogen-bond acceptors (Lipinski definition) is 1. The summed E-state index contributed by atoms with van der Waals surface area (Å²) in [6.07, 6.45) is -6.41. The SMILES string of the molecule is C[C@@](Cc1cccc(F)c1)(CC(F)(F)F)C(=O)O. The molecule has 0 unspecified atom stereocenters. The van der Waals surface area contributed by atoms with Crippen molar-refractivity contribution in [2.45, 2.75) is 25.9 Å². The zero-order valence-electron chi connectivity index (χ0n) is 9.59. The Morgan fingerprint density at radius 3 is 2.39 bits per heavy atom. The Morgan fingerprint density at radius 1 is 1.33 bits per heavy atom. The molecule has 0 radical (unpaired) electrons. The van der Waals surface area contributed by atoms with Crippen LogP contribution in [-0.2, 0) is 11.2 Å². The number of alkyl halides is 3. The average molecular weight is 264 g/mol. The van der Waals surface area contributed by atoms with Gasteiger partial charge in [0, 0.05) is 0 Å². The number of hydrogen-bond donors (Lipinski definition) is 1. The normalized spacial score (nSPS) is 15.2. The molecule has 1 atom stereocenters. The van der Waals surface area contributed by atoms with Crippen molar-refractivity contribution in [1.82, 2.24) is 0 Å². The largest absolute Gasteiger partial charge is 0.481 e. The second-order valence-electron chi connectivity index (χ2n) is 4.46. The molecule has 1 aromatic rings. The summed E-state index contributed by atoms with van der Waals surface area (Å²) in [5.41, 5.74) is -1.77. The zero-order valence-corrected chi connectivity index (χ0v) is 9.59. The van der Waals surface area contributed by atoms with Gasteiger partial charge in [0.05, 0.1) is 11.8 Å². The van der Waals surface area contributed by atoms with Gasteiger partial charge in [-0.15, -0.1) is 0 Å². The summed E-state index contributed by atoms with van der Waals surface area (Å²) < 4.78 is 50.0. The molecule has 0 aliphatic rings. The minimum Gasteiger partial charge on any atom is -0.481 e. The van der Waals surface area contributed by atoms with E-state index in [-0.39, 0.29) is 12.0 Å². The monoisotopic (exact) mass is 264 g/mol. The summed E-state index contributed by atoms with van der Waals surface area (Å²) in [6.45, 7) is 1.01. The van der Waals surface area contributed by atoms with Gasteiger partial charge >= 0.3 is 12.1 Å². The van der Waals surface area contributed by atoms with E-state index < -0.39 is 29.8 Å². The number of carboxylic acids is 1. The van der Waals surface area contributed by atoms with E-state index in [1.54, 1.807) is 0 Å². The summed E-state index contributed by atoms with van der Waals surface area (Å²) in [5.74, 6) is -2.16. The lowest BCUT2D eigenvalue weighted by Gasteiger charge is -2.26. The van der Waals surface area contributed by atoms with Gasteiger partial charge in [-0.1, -0.05) is 12.1 Å². The second-order valence-corrected chi connectivity index (χ2v) is 4.46. The first-order valence-electron chi connectivity index (χ1n) is 5.17. The lowest BCUT2D eigenvalue weighted by atomic mass is 9.80. The number of halogens is 4. The van der Waals surface area contributed by atoms with Gasteiger partial charge in [0.1, 0.15) is 5.82 Å². The van der Waals surface area contributed by atoms with Gasteiger partial charge in [0.15, 0.2) is 0 Å². The Bertz CT molecular complexity index is 442. The summed E-state index contributed by atoms with van der Waals surface area (Å²) in [4.78, 5) is 11.0. The van der Waals surface area contributed by atoms with Gasteiger partial charge in [-0.3, -0.25) is 4.79 Å². The molecule has 0 fully saturated rings. The average Bonchev–Trinajstić information content (AvgIpc) is 2.13. The van der Waals surface area contributed by atoms with Crippen molar-refractivity contribution < 1.29 is 27.5 Å². The highest BCUT2D eigenvalue weighted by Gasteiger charge is 2.44. The Labute approximate surface area is 101 Å². The van der Waals surface area contributed by atoms with Gasteiger partial charge in [0.25, 0.3) is 0 Å². The molecule has 1 aromatic carbocycles. The van der Waals surface area contributed by atoms with Crippen molar-refractivity contribution in [2.24, 2.45) is 5.41 Å². The highest BCUT2D eigenvalue weighted by atomic mass is 19.4. The molecule has 0 amide bonds. The summed E-state index contributed by atoms with van der Waals surface area (Å²) >= 11 is 0. The molecule has 0 heterocycles. The molecule has 100 valence electrons. The van der Waals surface area contributed by atoms with E-state index in [2.05, 4.69) is 0 Å². The molecule has 0 saturated heterocycles. The van der Waals surface area contributed by atoms with Crippen molar-refractivity contribution >= 4 is 5.97 Å². The molecule has 0 saturated carbocycles. The molecule has 1 N–H and O–H groups in total. The first-order valence-corrected chi connectivity index (χ1v) is 5.17. The third kappa shape index (κ3) is 4.01. The highest BCUT2D eigenvalue weighted by Crippen LogP contribution is 2.36. The Balaban J connectivity index is 2.96. The highest BCUT2D eigenvalue weighted by molar-refractivity contribution is 5.74. The van der Waals surface area contributed by atoms with Gasteiger partial charge in [-0.2, -0.15) is 13.2 Å². The molecule has 0 spiro atoms. The van der Waals surface area contributed by atoms with Crippen LogP contribution in [0.1, 0.15) is 18.9 Å². The Hall–Kier alpha value is -1.59. The molecule has 0 aliphatic heterocycles. The third-order valence-electron chi connectivity index (χ3n) is 2.59. The van der Waals surface area contributed by atoms with Crippen molar-refractivity contribution in [3.63, 3.8) is 0 Å². The predicted octanol–water partition coefficient (Wildman–Crippen LogP) is 3.41. The number of carboxylic acid groups (broad SMARTS) is 1. The van der Waals surface area contributed by atoms with Crippen LogP contribution in [-0.4, -0.2) is 17.3 Å². The van der Waals surface area contributed by atoms with Crippen LogP contribution in [0.15, 0.2) is 24.3 Å². The minimum atomic E-state index is -4.58. The van der Waals surface area contributed by atoms with Crippen LogP contribution in [0.4, 0.5) is 17.6 Å². The van der Waals surface area contributed by atoms with Gasteiger partial charge in [0.2, 0.25) is 0 Å². The minimum absolute atomic E-state index is 0.226. The Kier molecular flexibility index (Phi) is 3.98. The first kappa shape index (κ1) is 14.5. The molecule has 18 heavy (non-hydrogen) atoms. The molecule has 6 heteroatoms. The van der Waals surface area contributed by atoms with E-state index in [0.717, 1.165) is 19.1 Å². The van der Waals surface area contributed by atoms with Crippen molar-refractivity contribution in [3.05, 3.63) is 35.6 Å². The molecular formula is C12H12F4O2. The van der Waals surface area contributed by atoms with Crippen LogP contribution >= 0.6 is 0 Å². The maximum atomic E-state index is 12.9. The fourth-order valence-corrected chi connectivity index (χ4v) is 1.75. The fourth-order valence-electron chi connectivity index (χ4n) is 1.75. The van der Waals surface area contributed by atoms with Crippen molar-refractivity contribution in [3.8, 4) is 0 Å². The molecule has 0 aromatic heterocycles. The number of aliphatic carboxylic acids is 1. The number of carbonyl (C=O) groups is 1. The Morgan fingerprint density at radius 2 is 1.94 bits per heavy atom. The van der Waals surface area contributed by atoms with E-state index in [1.165, 1.54) is 12.1 Å². The van der Waals surface area contributed by atoms with E-state index in [4.69, 9.17) is 5.11 Å². The molecule has 0 aliphatic carbocycles. The van der Waals surface area contributed by atoms with Crippen LogP contribution < -0.4 is 0 Å². The van der Waals surface area contributed by atoms with Crippen LogP contribution in [0, 0.1) is 11.2 Å². The quantitative estimate of drug-likeness (QED) is 0.846. The lowest BCUT2D eigenvalue weighted by molar-refractivity contribution is -0.176. The van der Waals surface area contributed by atoms with E-state index in [1.807, 2.05) is 0 Å². The molecular weight excluding hydrogens is 252 g/mol. The first-order chi connectivity index (χ1) is 8.12. The standard InChI is InChI=1S/C12H12F4O2/c1-11(10(17)18,7-12(14,15)16)6-8-3-2-4-9(13)5-8/h2-5H,6-7H2,1H3,(H,17,18)/t11-/m1/s1. The molecule has 2 nitrogen and oxygen atoms in total. The fraction of sp³-hybridized carbons (Fsp3) is 0.417. The van der Waals surface area contributed by atoms with Crippen LogP contribution in [0.25, 0.3) is 0 Å². The number of benzene rings is 1. The third-order valence-corrected chi connectivity index (χ3v) is 2.59. The predicted molar refractivity (Wildman–Crippen MR) is 56.5 cm³/mol. The topological polar surface area (TPSA) is 37.3 Å². The summed E-state index contributed by atoms with van der Waals surface area (Å²) in [6, 6.07) is 4.92.